The monoisotopic (exact) mass is 364 g/mol. The van der Waals surface area contributed by atoms with Crippen molar-refractivity contribution in [3.8, 4) is 6.19 Å². The number of hydrogen-bond acceptors (Lipinski definition) is 4. The first-order chi connectivity index (χ1) is 13.0. The van der Waals surface area contributed by atoms with E-state index in [9.17, 15) is 5.26 Å². The van der Waals surface area contributed by atoms with Crippen LogP contribution in [0.3, 0.4) is 0 Å². The molecule has 1 unspecified atom stereocenters. The predicted octanol–water partition coefficient (Wildman–Crippen LogP) is 3.18. The normalized spacial score (nSPS) is 13.0. The van der Waals surface area contributed by atoms with Gasteiger partial charge < -0.3 is 11.5 Å². The van der Waals surface area contributed by atoms with Crippen molar-refractivity contribution in [1.82, 2.24) is 9.88 Å². The highest BCUT2D eigenvalue weighted by Gasteiger charge is 2.26. The van der Waals surface area contributed by atoms with Gasteiger partial charge in [-0.05, 0) is 37.0 Å². The lowest BCUT2D eigenvalue weighted by Crippen LogP contribution is -2.40. The maximum atomic E-state index is 9.80. The third kappa shape index (κ3) is 5.28. The van der Waals surface area contributed by atoms with Crippen LogP contribution in [0, 0.1) is 11.5 Å². The van der Waals surface area contributed by atoms with Gasteiger partial charge in [-0.2, -0.15) is 5.26 Å². The highest BCUT2D eigenvalue weighted by Crippen LogP contribution is 2.26. The summed E-state index contributed by atoms with van der Waals surface area (Å²) in [7, 11) is 0. The molecular formula is C21H28N6. The van der Waals surface area contributed by atoms with Crippen LogP contribution in [-0.4, -0.2) is 27.9 Å². The lowest BCUT2D eigenvalue weighted by molar-refractivity contribution is 0.371. The fourth-order valence-electron chi connectivity index (χ4n) is 2.94. The molecule has 4 N–H and O–H groups in total. The zero-order valence-corrected chi connectivity index (χ0v) is 16.0. The lowest BCUT2D eigenvalue weighted by atomic mass is 9.90. The number of pyridine rings is 1. The van der Waals surface area contributed by atoms with Gasteiger partial charge in [0.15, 0.2) is 6.19 Å². The van der Waals surface area contributed by atoms with Crippen LogP contribution in [-0.2, 0) is 0 Å². The van der Waals surface area contributed by atoms with Gasteiger partial charge in [0.05, 0.1) is 5.69 Å². The molecule has 0 aliphatic heterocycles. The molecule has 6 heteroatoms. The number of guanidine groups is 1. The van der Waals surface area contributed by atoms with Crippen molar-refractivity contribution in [2.45, 2.75) is 44.7 Å². The van der Waals surface area contributed by atoms with Crippen LogP contribution in [0.5, 0.6) is 0 Å². The molecule has 27 heavy (non-hydrogen) atoms. The summed E-state index contributed by atoms with van der Waals surface area (Å²) in [6, 6.07) is 14.9. The average Bonchev–Trinajstić information content (AvgIpc) is 2.72. The van der Waals surface area contributed by atoms with E-state index in [1.807, 2.05) is 48.5 Å². The standard InChI is InChI=1S/C21H28N6/c1-3-21(24,4-2)13-15-26-20(23)27(16-22)19(17-10-6-5-7-11-17)18-12-8-9-14-25-18/h5-12,14,19H,3-4,13,15,24H2,1-2H3,(H2,23,26). The smallest absolute Gasteiger partial charge is 0.205 e. The summed E-state index contributed by atoms with van der Waals surface area (Å²) >= 11 is 0. The minimum Gasteiger partial charge on any atom is -0.369 e. The van der Waals surface area contributed by atoms with E-state index < -0.39 is 6.04 Å². The molecule has 2 aromatic rings. The molecule has 0 radical (unpaired) electrons. The minimum absolute atomic E-state index is 0.173. The van der Waals surface area contributed by atoms with Gasteiger partial charge >= 0.3 is 0 Å². The number of aromatic nitrogens is 1. The number of aliphatic imine (C=N–C) groups is 1. The van der Waals surface area contributed by atoms with Gasteiger partial charge in [0.2, 0.25) is 5.96 Å². The highest BCUT2D eigenvalue weighted by atomic mass is 15.3. The molecule has 0 bridgehead atoms. The molecule has 0 saturated heterocycles. The van der Waals surface area contributed by atoms with Crippen molar-refractivity contribution in [2.75, 3.05) is 6.54 Å². The second kappa shape index (κ2) is 9.70. The van der Waals surface area contributed by atoms with E-state index in [0.717, 1.165) is 30.5 Å². The molecule has 0 fully saturated rings. The first-order valence-corrected chi connectivity index (χ1v) is 9.28. The second-order valence-corrected chi connectivity index (χ2v) is 6.60. The van der Waals surface area contributed by atoms with Gasteiger partial charge in [-0.1, -0.05) is 50.2 Å². The summed E-state index contributed by atoms with van der Waals surface area (Å²) in [5.74, 6) is 0.173. The number of hydrogen-bond donors (Lipinski definition) is 2. The minimum atomic E-state index is -0.430. The van der Waals surface area contributed by atoms with Gasteiger partial charge in [-0.15, -0.1) is 0 Å². The first kappa shape index (κ1) is 20.4. The quantitative estimate of drug-likeness (QED) is 0.324. The number of nitrogens with zero attached hydrogens (tertiary/aromatic N) is 4. The van der Waals surface area contributed by atoms with E-state index in [-0.39, 0.29) is 11.5 Å². The van der Waals surface area contributed by atoms with Gasteiger partial charge in [-0.3, -0.25) is 9.98 Å². The summed E-state index contributed by atoms with van der Waals surface area (Å²) in [5.41, 5.74) is 13.9. The molecule has 1 heterocycles. The molecule has 0 amide bonds. The van der Waals surface area contributed by atoms with E-state index in [1.165, 1.54) is 4.90 Å². The van der Waals surface area contributed by atoms with Crippen molar-refractivity contribution >= 4 is 5.96 Å². The molecule has 0 spiro atoms. The van der Waals surface area contributed by atoms with Crippen molar-refractivity contribution < 1.29 is 0 Å². The highest BCUT2D eigenvalue weighted by molar-refractivity contribution is 5.80. The van der Waals surface area contributed by atoms with Gasteiger partial charge in [0.1, 0.15) is 6.04 Å². The Labute approximate surface area is 161 Å². The number of rotatable bonds is 8. The second-order valence-electron chi connectivity index (χ2n) is 6.60. The molecule has 6 nitrogen and oxygen atoms in total. The Bertz CT molecular complexity index is 723. The van der Waals surface area contributed by atoms with Crippen molar-refractivity contribution in [3.63, 3.8) is 0 Å². The zero-order chi connectivity index (χ0) is 19.7. The fourth-order valence-corrected chi connectivity index (χ4v) is 2.94. The number of nitrogens with two attached hydrogens (primary N) is 2. The molecule has 0 aliphatic rings. The molecule has 0 saturated carbocycles. The number of benzene rings is 1. The van der Waals surface area contributed by atoms with Crippen molar-refractivity contribution in [2.24, 2.45) is 16.5 Å². The molecule has 1 aromatic carbocycles. The van der Waals surface area contributed by atoms with E-state index >= 15 is 0 Å². The molecule has 2 rings (SSSR count). The largest absolute Gasteiger partial charge is 0.369 e. The summed E-state index contributed by atoms with van der Waals surface area (Å²) in [6.07, 6.45) is 6.36. The lowest BCUT2D eigenvalue weighted by Gasteiger charge is -2.27. The zero-order valence-electron chi connectivity index (χ0n) is 16.0. The SMILES string of the molecule is CCC(N)(CC)CCN=C(N)N(C#N)C(c1ccccc1)c1ccccn1. The average molecular weight is 364 g/mol. The van der Waals surface area contributed by atoms with E-state index in [1.54, 1.807) is 6.20 Å². The van der Waals surface area contributed by atoms with E-state index in [4.69, 9.17) is 11.5 Å². The van der Waals surface area contributed by atoms with Crippen LogP contribution in [0.4, 0.5) is 0 Å². The Morgan fingerprint density at radius 3 is 2.41 bits per heavy atom. The summed E-state index contributed by atoms with van der Waals surface area (Å²) in [5, 5.41) is 9.80. The van der Waals surface area contributed by atoms with Crippen LogP contribution >= 0.6 is 0 Å². The van der Waals surface area contributed by atoms with Gasteiger partial charge in [0.25, 0.3) is 0 Å². The molecule has 0 aliphatic carbocycles. The van der Waals surface area contributed by atoms with Crippen molar-refractivity contribution in [1.29, 1.82) is 5.26 Å². The Balaban J connectivity index is 2.30. The number of nitriles is 1. The van der Waals surface area contributed by atoms with E-state index in [2.05, 4.69) is 30.0 Å². The van der Waals surface area contributed by atoms with Gasteiger partial charge in [-0.25, -0.2) is 4.90 Å². The summed E-state index contributed by atoms with van der Waals surface area (Å²) in [6.45, 7) is 4.63. The maximum Gasteiger partial charge on any atom is 0.205 e. The van der Waals surface area contributed by atoms with E-state index in [0.29, 0.717) is 6.54 Å². The third-order valence-corrected chi connectivity index (χ3v) is 4.99. The first-order valence-electron chi connectivity index (χ1n) is 9.28. The Kier molecular flexibility index (Phi) is 7.33. The molecule has 1 aromatic heterocycles. The molecule has 1 atom stereocenters. The van der Waals surface area contributed by atoms with Crippen LogP contribution in [0.1, 0.15) is 50.4 Å². The maximum absolute atomic E-state index is 9.80. The van der Waals surface area contributed by atoms with Crippen LogP contribution in [0.2, 0.25) is 0 Å². The predicted molar refractivity (Wildman–Crippen MR) is 109 cm³/mol. The third-order valence-electron chi connectivity index (χ3n) is 4.99. The Hall–Kier alpha value is -2.91. The topological polar surface area (TPSA) is 104 Å². The molecule has 142 valence electrons. The fraction of sp³-hybridized carbons (Fsp3) is 0.381. The van der Waals surface area contributed by atoms with Crippen LogP contribution in [0.15, 0.2) is 59.7 Å². The van der Waals surface area contributed by atoms with Crippen LogP contribution in [0.25, 0.3) is 0 Å². The summed E-state index contributed by atoms with van der Waals surface area (Å²) < 4.78 is 0. The Morgan fingerprint density at radius 2 is 1.85 bits per heavy atom. The molecular weight excluding hydrogens is 336 g/mol. The van der Waals surface area contributed by atoms with Crippen molar-refractivity contribution in [3.05, 3.63) is 66.0 Å². The Morgan fingerprint density at radius 1 is 1.19 bits per heavy atom. The van der Waals surface area contributed by atoms with Crippen LogP contribution < -0.4 is 11.5 Å². The summed E-state index contributed by atoms with van der Waals surface area (Å²) in [4.78, 5) is 10.3. The van der Waals surface area contributed by atoms with Gasteiger partial charge in [0, 0.05) is 18.3 Å².